The molecule has 0 N–H and O–H groups in total. The van der Waals surface area contributed by atoms with Crippen LogP contribution in [0.5, 0.6) is 0 Å². The highest BCUT2D eigenvalue weighted by molar-refractivity contribution is 5.71. The molecule has 0 heterocycles. The molecule has 344 valence electrons. The molecular formula is C54H92O6. The number of hydrogen-bond acceptors (Lipinski definition) is 6. The highest BCUT2D eigenvalue weighted by Crippen LogP contribution is 2.14. The summed E-state index contributed by atoms with van der Waals surface area (Å²) >= 11 is 0. The van der Waals surface area contributed by atoms with Gasteiger partial charge < -0.3 is 14.2 Å². The van der Waals surface area contributed by atoms with E-state index < -0.39 is 6.10 Å². The Kier molecular flexibility index (Phi) is 46.0. The Morgan fingerprint density at radius 2 is 0.667 bits per heavy atom. The van der Waals surface area contributed by atoms with Crippen molar-refractivity contribution in [3.05, 3.63) is 72.9 Å². The lowest BCUT2D eigenvalue weighted by atomic mass is 10.1. The van der Waals surface area contributed by atoms with E-state index in [2.05, 4.69) is 93.7 Å². The molecule has 0 aliphatic carbocycles. The Morgan fingerprint density at radius 1 is 0.350 bits per heavy atom. The molecular weight excluding hydrogens is 745 g/mol. The number of hydrogen-bond donors (Lipinski definition) is 0. The van der Waals surface area contributed by atoms with E-state index in [1.54, 1.807) is 0 Å². The Bertz CT molecular complexity index is 1140. The van der Waals surface area contributed by atoms with Crippen molar-refractivity contribution < 1.29 is 28.6 Å². The van der Waals surface area contributed by atoms with Gasteiger partial charge in [-0.25, -0.2) is 0 Å². The molecule has 0 aromatic rings. The predicted octanol–water partition coefficient (Wildman–Crippen LogP) is 16.3. The maximum Gasteiger partial charge on any atom is 0.306 e. The molecule has 0 spiro atoms. The summed E-state index contributed by atoms with van der Waals surface area (Å²) in [5, 5.41) is 0. The van der Waals surface area contributed by atoms with Crippen LogP contribution in [-0.4, -0.2) is 37.2 Å². The quantitative estimate of drug-likeness (QED) is 0.0263. The van der Waals surface area contributed by atoms with Crippen LogP contribution >= 0.6 is 0 Å². The van der Waals surface area contributed by atoms with Crippen LogP contribution in [0.1, 0.15) is 233 Å². The van der Waals surface area contributed by atoms with Gasteiger partial charge in [-0.05, 0) is 83.5 Å². The van der Waals surface area contributed by atoms with Crippen molar-refractivity contribution in [2.24, 2.45) is 0 Å². The molecule has 0 bridgehead atoms. The van der Waals surface area contributed by atoms with Gasteiger partial charge in [0.1, 0.15) is 13.2 Å². The van der Waals surface area contributed by atoms with E-state index in [0.29, 0.717) is 19.3 Å². The third-order valence-electron chi connectivity index (χ3n) is 10.4. The average Bonchev–Trinajstić information content (AvgIpc) is 3.24. The molecule has 0 aliphatic rings. The maximum atomic E-state index is 12.7. The minimum absolute atomic E-state index is 0.0851. The second kappa shape index (κ2) is 48.5. The van der Waals surface area contributed by atoms with Gasteiger partial charge in [-0.3, -0.25) is 14.4 Å². The van der Waals surface area contributed by atoms with Crippen LogP contribution in [0.2, 0.25) is 0 Å². The fourth-order valence-corrected chi connectivity index (χ4v) is 6.68. The fourth-order valence-electron chi connectivity index (χ4n) is 6.68. The molecule has 6 heteroatoms. The van der Waals surface area contributed by atoms with Gasteiger partial charge in [-0.1, -0.05) is 203 Å². The van der Waals surface area contributed by atoms with Gasteiger partial charge >= 0.3 is 17.9 Å². The van der Waals surface area contributed by atoms with Crippen LogP contribution < -0.4 is 0 Å². The molecule has 6 nitrogen and oxygen atoms in total. The molecule has 0 saturated heterocycles. The van der Waals surface area contributed by atoms with Crippen molar-refractivity contribution in [2.75, 3.05) is 13.2 Å². The van der Waals surface area contributed by atoms with Gasteiger partial charge in [0.2, 0.25) is 0 Å². The number of esters is 3. The number of carbonyl (C=O) groups is 3. The first-order chi connectivity index (χ1) is 29.5. The molecule has 0 rings (SSSR count). The number of carbonyl (C=O) groups excluding carboxylic acids is 3. The van der Waals surface area contributed by atoms with E-state index in [1.807, 2.05) is 0 Å². The number of unbranched alkanes of at least 4 members (excludes halogenated alkanes) is 21. The van der Waals surface area contributed by atoms with Gasteiger partial charge in [-0.2, -0.15) is 0 Å². The number of ether oxygens (including phenoxy) is 3. The van der Waals surface area contributed by atoms with Gasteiger partial charge in [0, 0.05) is 19.3 Å². The van der Waals surface area contributed by atoms with Crippen LogP contribution in [0.15, 0.2) is 72.9 Å². The van der Waals surface area contributed by atoms with Gasteiger partial charge in [0.15, 0.2) is 6.10 Å². The van der Waals surface area contributed by atoms with Crippen LogP contribution in [0, 0.1) is 0 Å². The normalized spacial score (nSPS) is 12.7. The predicted molar refractivity (Wildman–Crippen MR) is 256 cm³/mol. The van der Waals surface area contributed by atoms with Crippen molar-refractivity contribution in [2.45, 2.75) is 239 Å². The lowest BCUT2D eigenvalue weighted by molar-refractivity contribution is -0.167. The van der Waals surface area contributed by atoms with Gasteiger partial charge in [0.25, 0.3) is 0 Å². The van der Waals surface area contributed by atoms with Crippen molar-refractivity contribution in [1.29, 1.82) is 0 Å². The first-order valence-electron chi connectivity index (χ1n) is 24.9. The highest BCUT2D eigenvalue weighted by atomic mass is 16.6. The first kappa shape index (κ1) is 56.9. The van der Waals surface area contributed by atoms with Gasteiger partial charge in [-0.15, -0.1) is 0 Å². The summed E-state index contributed by atoms with van der Waals surface area (Å²) in [6, 6.07) is 0. The second-order valence-corrected chi connectivity index (χ2v) is 16.3. The average molecular weight is 837 g/mol. The number of allylic oxidation sites excluding steroid dienone is 12. The minimum Gasteiger partial charge on any atom is -0.462 e. The summed E-state index contributed by atoms with van der Waals surface area (Å²) in [6.07, 6.45) is 60.3. The largest absolute Gasteiger partial charge is 0.462 e. The zero-order valence-corrected chi connectivity index (χ0v) is 39.2. The molecule has 0 saturated carbocycles. The van der Waals surface area contributed by atoms with Gasteiger partial charge in [0.05, 0.1) is 0 Å². The first-order valence-corrected chi connectivity index (χ1v) is 24.9. The minimum atomic E-state index is -0.785. The zero-order valence-electron chi connectivity index (χ0n) is 39.2. The molecule has 0 amide bonds. The molecule has 1 atom stereocenters. The summed E-state index contributed by atoms with van der Waals surface area (Å²) < 4.78 is 16.7. The molecule has 0 aromatic heterocycles. The van der Waals surface area contributed by atoms with Crippen LogP contribution in [-0.2, 0) is 28.6 Å². The summed E-state index contributed by atoms with van der Waals surface area (Å²) in [5.41, 5.74) is 0. The van der Waals surface area contributed by atoms with Crippen molar-refractivity contribution in [3.63, 3.8) is 0 Å². The van der Waals surface area contributed by atoms with Crippen LogP contribution in [0.3, 0.4) is 0 Å². The standard InChI is InChI=1S/C54H92O6/c1-4-7-10-13-16-19-21-23-25-26-27-28-29-31-32-35-38-41-44-47-53(56)59-50-51(49-58-52(55)46-43-40-37-34-18-15-12-9-6-3)60-54(57)48-45-42-39-36-33-30-24-22-20-17-14-11-8-5-2/h7,10,14,16-17,19,22-25,27-28,51H,4-6,8-9,11-13,15,18,20-21,26,29-50H2,1-3H3/b10-7-,17-14-,19-16-,24-22-,25-23-,28-27-. The Labute approximate surface area is 370 Å². The van der Waals surface area contributed by atoms with Crippen molar-refractivity contribution in [3.8, 4) is 0 Å². The Balaban J connectivity index is 4.37. The third kappa shape index (κ3) is 45.9. The van der Waals surface area contributed by atoms with Crippen molar-refractivity contribution >= 4 is 17.9 Å². The Morgan fingerprint density at radius 3 is 1.07 bits per heavy atom. The van der Waals surface area contributed by atoms with E-state index >= 15 is 0 Å². The van der Waals surface area contributed by atoms with Crippen molar-refractivity contribution in [1.82, 2.24) is 0 Å². The highest BCUT2D eigenvalue weighted by Gasteiger charge is 2.19. The number of rotatable bonds is 44. The maximum absolute atomic E-state index is 12.7. The summed E-state index contributed by atoms with van der Waals surface area (Å²) in [7, 11) is 0. The third-order valence-corrected chi connectivity index (χ3v) is 10.4. The molecule has 1 unspecified atom stereocenters. The molecule has 0 radical (unpaired) electrons. The summed E-state index contributed by atoms with van der Waals surface area (Å²) in [5.74, 6) is -0.917. The Hall–Kier alpha value is -3.15. The fraction of sp³-hybridized carbons (Fsp3) is 0.722. The molecule has 0 aliphatic heterocycles. The smallest absolute Gasteiger partial charge is 0.306 e. The molecule has 0 aromatic carbocycles. The van der Waals surface area contributed by atoms with Crippen LogP contribution in [0.25, 0.3) is 0 Å². The van der Waals surface area contributed by atoms with E-state index in [-0.39, 0.29) is 31.1 Å². The SMILES string of the molecule is CC/C=C\C/C=C\C/C=C\C/C=C\CCCCCCCCC(=O)OCC(COC(=O)CCCCCCCCCCC)OC(=O)CCCCCCC/C=C\C/C=C\CCCC. The lowest BCUT2D eigenvalue weighted by Crippen LogP contribution is -2.30. The topological polar surface area (TPSA) is 78.9 Å². The summed E-state index contributed by atoms with van der Waals surface area (Å²) in [4.78, 5) is 37.8. The second-order valence-electron chi connectivity index (χ2n) is 16.3. The van der Waals surface area contributed by atoms with E-state index in [4.69, 9.17) is 14.2 Å². The summed E-state index contributed by atoms with van der Waals surface area (Å²) in [6.45, 7) is 6.43. The van der Waals surface area contributed by atoms with Crippen LogP contribution in [0.4, 0.5) is 0 Å². The molecule has 0 fully saturated rings. The van der Waals surface area contributed by atoms with E-state index in [1.165, 1.54) is 77.0 Å². The van der Waals surface area contributed by atoms with E-state index in [9.17, 15) is 14.4 Å². The zero-order chi connectivity index (χ0) is 43.7. The molecule has 60 heavy (non-hydrogen) atoms. The van der Waals surface area contributed by atoms with E-state index in [0.717, 1.165) is 116 Å². The monoisotopic (exact) mass is 837 g/mol. The lowest BCUT2D eigenvalue weighted by Gasteiger charge is -2.18.